The van der Waals surface area contributed by atoms with Crippen LogP contribution in [0.15, 0.2) is 36.0 Å². The number of alkyl halides is 3. The Bertz CT molecular complexity index is 528. The Hall–Kier alpha value is -1.76. The first-order valence-corrected chi connectivity index (χ1v) is 6.33. The van der Waals surface area contributed by atoms with E-state index in [1.54, 1.807) is 23.8 Å². The average molecular weight is 288 g/mol. The third kappa shape index (κ3) is 3.85. The standard InChI is InChI=1S/C12H11F3N2OS/c1-8(11-6-16-7-19-11)17-9-4-2-3-5-10(9)18-12(13,14)15/h2-8,17H,1H3. The Morgan fingerprint density at radius 1 is 1.32 bits per heavy atom. The minimum Gasteiger partial charge on any atom is -0.404 e. The maximum Gasteiger partial charge on any atom is 0.573 e. The summed E-state index contributed by atoms with van der Waals surface area (Å²) in [5, 5.41) is 2.98. The molecule has 0 amide bonds. The number of rotatable bonds is 4. The average Bonchev–Trinajstić information content (AvgIpc) is 2.83. The van der Waals surface area contributed by atoms with Crippen LogP contribution in [0.5, 0.6) is 5.75 Å². The molecule has 19 heavy (non-hydrogen) atoms. The molecule has 1 atom stereocenters. The van der Waals surface area contributed by atoms with Crippen molar-refractivity contribution in [1.82, 2.24) is 4.98 Å². The van der Waals surface area contributed by atoms with E-state index in [0.29, 0.717) is 5.69 Å². The molecule has 0 spiro atoms. The van der Waals surface area contributed by atoms with Gasteiger partial charge in [-0.1, -0.05) is 12.1 Å². The molecule has 0 radical (unpaired) electrons. The molecular formula is C12H11F3N2OS. The van der Waals surface area contributed by atoms with Gasteiger partial charge in [0, 0.05) is 11.1 Å². The van der Waals surface area contributed by atoms with Crippen molar-refractivity contribution in [2.24, 2.45) is 0 Å². The van der Waals surface area contributed by atoms with Gasteiger partial charge in [0.1, 0.15) is 0 Å². The van der Waals surface area contributed by atoms with Crippen molar-refractivity contribution in [2.45, 2.75) is 19.3 Å². The lowest BCUT2D eigenvalue weighted by molar-refractivity contribution is -0.274. The van der Waals surface area contributed by atoms with Crippen LogP contribution in [0.2, 0.25) is 0 Å². The number of nitrogens with zero attached hydrogens (tertiary/aromatic N) is 1. The molecule has 1 aromatic carbocycles. The van der Waals surface area contributed by atoms with Crippen molar-refractivity contribution in [3.05, 3.63) is 40.8 Å². The molecule has 1 aromatic heterocycles. The van der Waals surface area contributed by atoms with Gasteiger partial charge >= 0.3 is 6.36 Å². The summed E-state index contributed by atoms with van der Waals surface area (Å²) in [6.07, 6.45) is -3.03. The Morgan fingerprint density at radius 2 is 2.05 bits per heavy atom. The van der Waals surface area contributed by atoms with E-state index in [0.717, 1.165) is 4.88 Å². The fourth-order valence-electron chi connectivity index (χ4n) is 1.54. The van der Waals surface area contributed by atoms with Crippen molar-refractivity contribution in [1.29, 1.82) is 0 Å². The fourth-order valence-corrected chi connectivity index (χ4v) is 2.17. The highest BCUT2D eigenvalue weighted by Crippen LogP contribution is 2.32. The summed E-state index contributed by atoms with van der Waals surface area (Å²) in [4.78, 5) is 4.87. The van der Waals surface area contributed by atoms with Crippen LogP contribution in [0.25, 0.3) is 0 Å². The Kier molecular flexibility index (Phi) is 3.94. The zero-order valence-corrected chi connectivity index (χ0v) is 10.8. The van der Waals surface area contributed by atoms with Gasteiger partial charge in [-0.15, -0.1) is 24.5 Å². The summed E-state index contributed by atoms with van der Waals surface area (Å²) in [7, 11) is 0. The first kappa shape index (κ1) is 13.7. The summed E-state index contributed by atoms with van der Waals surface area (Å²) in [5.74, 6) is -0.244. The number of thiazole rings is 1. The lowest BCUT2D eigenvalue weighted by Gasteiger charge is -2.17. The number of aromatic nitrogens is 1. The summed E-state index contributed by atoms with van der Waals surface area (Å²) in [5.41, 5.74) is 1.96. The van der Waals surface area contributed by atoms with Crippen molar-refractivity contribution in [3.63, 3.8) is 0 Å². The van der Waals surface area contributed by atoms with Crippen LogP contribution in [-0.2, 0) is 0 Å². The monoisotopic (exact) mass is 288 g/mol. The quantitative estimate of drug-likeness (QED) is 0.915. The minimum absolute atomic E-state index is 0.148. The van der Waals surface area contributed by atoms with Gasteiger partial charge < -0.3 is 10.1 Å². The number of halogens is 3. The molecule has 2 aromatic rings. The largest absolute Gasteiger partial charge is 0.573 e. The van der Waals surface area contributed by atoms with Gasteiger partial charge in [-0.2, -0.15) is 0 Å². The highest BCUT2D eigenvalue weighted by molar-refractivity contribution is 7.09. The molecule has 1 heterocycles. The Balaban J connectivity index is 2.16. The molecule has 0 fully saturated rings. The van der Waals surface area contributed by atoms with Gasteiger partial charge in [0.05, 0.1) is 17.2 Å². The maximum atomic E-state index is 12.3. The van der Waals surface area contributed by atoms with Crippen LogP contribution in [0, 0.1) is 0 Å². The summed E-state index contributed by atoms with van der Waals surface area (Å²) < 4.78 is 40.8. The van der Waals surface area contributed by atoms with Gasteiger partial charge in [0.25, 0.3) is 0 Å². The third-order valence-electron chi connectivity index (χ3n) is 2.36. The molecule has 1 unspecified atom stereocenters. The number of hydrogen-bond acceptors (Lipinski definition) is 4. The zero-order chi connectivity index (χ0) is 13.9. The zero-order valence-electron chi connectivity index (χ0n) is 9.94. The molecule has 2 rings (SSSR count). The number of nitrogens with one attached hydrogen (secondary N) is 1. The molecule has 7 heteroatoms. The van der Waals surface area contributed by atoms with Gasteiger partial charge in [0.2, 0.25) is 0 Å². The third-order valence-corrected chi connectivity index (χ3v) is 3.32. The minimum atomic E-state index is -4.70. The van der Waals surface area contributed by atoms with E-state index in [1.807, 2.05) is 6.92 Å². The lowest BCUT2D eigenvalue weighted by Crippen LogP contribution is -2.18. The number of para-hydroxylation sites is 2. The van der Waals surface area contributed by atoms with E-state index in [-0.39, 0.29) is 11.8 Å². The van der Waals surface area contributed by atoms with Crippen molar-refractivity contribution < 1.29 is 17.9 Å². The lowest BCUT2D eigenvalue weighted by atomic mass is 10.2. The van der Waals surface area contributed by atoms with Crippen LogP contribution in [0.4, 0.5) is 18.9 Å². The van der Waals surface area contributed by atoms with E-state index in [2.05, 4.69) is 15.0 Å². The molecule has 0 saturated carbocycles. The summed E-state index contributed by atoms with van der Waals surface area (Å²) in [6, 6.07) is 5.80. The number of ether oxygens (including phenoxy) is 1. The van der Waals surface area contributed by atoms with E-state index in [9.17, 15) is 13.2 Å². The van der Waals surface area contributed by atoms with Crippen LogP contribution >= 0.6 is 11.3 Å². The predicted octanol–water partition coefficient (Wildman–Crippen LogP) is 4.21. The van der Waals surface area contributed by atoms with E-state index in [4.69, 9.17) is 0 Å². The topological polar surface area (TPSA) is 34.1 Å². The summed E-state index contributed by atoms with van der Waals surface area (Å²) in [6.45, 7) is 1.85. The molecule has 1 N–H and O–H groups in total. The molecule has 0 saturated heterocycles. The molecular weight excluding hydrogens is 277 g/mol. The second-order valence-corrected chi connectivity index (χ2v) is 4.73. The highest BCUT2D eigenvalue weighted by Gasteiger charge is 2.32. The first-order chi connectivity index (χ1) is 8.96. The number of benzene rings is 1. The number of hydrogen-bond donors (Lipinski definition) is 1. The Morgan fingerprint density at radius 3 is 2.68 bits per heavy atom. The SMILES string of the molecule is CC(Nc1ccccc1OC(F)(F)F)c1cncs1. The first-order valence-electron chi connectivity index (χ1n) is 5.45. The van der Waals surface area contributed by atoms with Crippen LogP contribution in [0.3, 0.4) is 0 Å². The molecule has 0 bridgehead atoms. The second kappa shape index (κ2) is 5.48. The number of anilines is 1. The van der Waals surface area contributed by atoms with Gasteiger partial charge in [-0.25, -0.2) is 0 Å². The van der Waals surface area contributed by atoms with Crippen molar-refractivity contribution in [3.8, 4) is 5.75 Å². The Labute approximate surface area is 112 Å². The second-order valence-electron chi connectivity index (χ2n) is 3.81. The fraction of sp³-hybridized carbons (Fsp3) is 0.250. The van der Waals surface area contributed by atoms with Gasteiger partial charge in [-0.3, -0.25) is 4.98 Å². The van der Waals surface area contributed by atoms with Crippen molar-refractivity contribution in [2.75, 3.05) is 5.32 Å². The van der Waals surface area contributed by atoms with Crippen LogP contribution in [0.1, 0.15) is 17.8 Å². The normalized spacial score (nSPS) is 13.1. The van der Waals surface area contributed by atoms with Gasteiger partial charge in [0.15, 0.2) is 5.75 Å². The van der Waals surface area contributed by atoms with Crippen molar-refractivity contribution >= 4 is 17.0 Å². The van der Waals surface area contributed by atoms with Crippen LogP contribution < -0.4 is 10.1 Å². The summed E-state index contributed by atoms with van der Waals surface area (Å²) >= 11 is 1.43. The molecule has 3 nitrogen and oxygen atoms in total. The maximum absolute atomic E-state index is 12.3. The van der Waals surface area contributed by atoms with E-state index >= 15 is 0 Å². The van der Waals surface area contributed by atoms with Gasteiger partial charge in [-0.05, 0) is 19.1 Å². The molecule has 102 valence electrons. The molecule has 0 aliphatic heterocycles. The molecule has 0 aliphatic rings. The predicted molar refractivity (Wildman–Crippen MR) is 67.3 cm³/mol. The smallest absolute Gasteiger partial charge is 0.404 e. The highest BCUT2D eigenvalue weighted by atomic mass is 32.1. The molecule has 0 aliphatic carbocycles. The van der Waals surface area contributed by atoms with Crippen LogP contribution in [-0.4, -0.2) is 11.3 Å². The van der Waals surface area contributed by atoms with E-state index < -0.39 is 6.36 Å². The van der Waals surface area contributed by atoms with E-state index in [1.165, 1.54) is 23.5 Å².